The van der Waals surface area contributed by atoms with E-state index >= 15 is 0 Å². The average Bonchev–Trinajstić information content (AvgIpc) is 2.90. The van der Waals surface area contributed by atoms with Crippen LogP contribution in [-0.2, 0) is 21.4 Å². The van der Waals surface area contributed by atoms with E-state index in [4.69, 9.17) is 4.52 Å². The SMILES string of the molecule is Cc1cccc(CN2CCN3CCCN(S(=O)(=O)c4c(C)noc4C)CC3C2=O)c1. The van der Waals surface area contributed by atoms with Gasteiger partial charge in [0.15, 0.2) is 5.76 Å². The minimum atomic E-state index is -3.78. The van der Waals surface area contributed by atoms with Gasteiger partial charge >= 0.3 is 0 Å². The Kier molecular flexibility index (Phi) is 5.69. The highest BCUT2D eigenvalue weighted by atomic mass is 32.2. The van der Waals surface area contributed by atoms with Gasteiger partial charge in [0.05, 0.1) is 0 Å². The number of carbonyl (C=O) groups is 1. The molecule has 2 saturated heterocycles. The molecule has 2 aromatic rings. The molecule has 30 heavy (non-hydrogen) atoms. The van der Waals surface area contributed by atoms with E-state index in [9.17, 15) is 13.2 Å². The van der Waals surface area contributed by atoms with Gasteiger partial charge in [-0.25, -0.2) is 8.42 Å². The van der Waals surface area contributed by atoms with Gasteiger partial charge in [0, 0.05) is 39.3 Å². The zero-order chi connectivity index (χ0) is 21.5. The van der Waals surface area contributed by atoms with Crippen LogP contribution in [0.25, 0.3) is 0 Å². The third-order valence-electron chi connectivity index (χ3n) is 5.95. The normalized spacial score (nSPS) is 21.5. The average molecular weight is 433 g/mol. The van der Waals surface area contributed by atoms with Gasteiger partial charge in [-0.15, -0.1) is 0 Å². The number of benzene rings is 1. The van der Waals surface area contributed by atoms with Crippen LogP contribution in [0.3, 0.4) is 0 Å². The van der Waals surface area contributed by atoms with Crippen molar-refractivity contribution in [2.24, 2.45) is 0 Å². The number of sulfonamides is 1. The topological polar surface area (TPSA) is 87.0 Å². The number of amides is 1. The Morgan fingerprint density at radius 1 is 1.13 bits per heavy atom. The van der Waals surface area contributed by atoms with E-state index in [1.165, 1.54) is 4.31 Å². The molecule has 0 N–H and O–H groups in total. The summed E-state index contributed by atoms with van der Waals surface area (Å²) in [5, 5.41) is 3.80. The van der Waals surface area contributed by atoms with Gasteiger partial charge in [-0.05, 0) is 32.8 Å². The third kappa shape index (κ3) is 3.89. The molecule has 4 rings (SSSR count). The maximum absolute atomic E-state index is 13.3. The molecule has 2 fully saturated rings. The van der Waals surface area contributed by atoms with Crippen molar-refractivity contribution in [1.82, 2.24) is 19.3 Å². The molecule has 2 aliphatic heterocycles. The molecule has 0 radical (unpaired) electrons. The number of nitrogens with zero attached hydrogens (tertiary/aromatic N) is 4. The molecule has 8 nitrogen and oxygen atoms in total. The van der Waals surface area contributed by atoms with Crippen molar-refractivity contribution >= 4 is 15.9 Å². The molecule has 0 saturated carbocycles. The second kappa shape index (κ2) is 8.13. The van der Waals surface area contributed by atoms with Crippen molar-refractivity contribution in [1.29, 1.82) is 0 Å². The van der Waals surface area contributed by atoms with E-state index in [0.29, 0.717) is 38.3 Å². The molecule has 0 aliphatic carbocycles. The first-order valence-corrected chi connectivity index (χ1v) is 11.7. The van der Waals surface area contributed by atoms with Gasteiger partial charge in [0.2, 0.25) is 15.9 Å². The first kappa shape index (κ1) is 21.0. The number of hydrogen-bond donors (Lipinski definition) is 0. The minimum Gasteiger partial charge on any atom is -0.360 e. The first-order chi connectivity index (χ1) is 14.3. The molecular weight excluding hydrogens is 404 g/mol. The fourth-order valence-electron chi connectivity index (χ4n) is 4.46. The monoisotopic (exact) mass is 432 g/mol. The van der Waals surface area contributed by atoms with E-state index < -0.39 is 16.1 Å². The van der Waals surface area contributed by atoms with Crippen molar-refractivity contribution in [3.05, 3.63) is 46.8 Å². The summed E-state index contributed by atoms with van der Waals surface area (Å²) in [5.41, 5.74) is 2.60. The fraction of sp³-hybridized carbons (Fsp3) is 0.524. The van der Waals surface area contributed by atoms with E-state index in [1.54, 1.807) is 13.8 Å². The number of piperazine rings is 1. The van der Waals surface area contributed by atoms with E-state index in [1.807, 2.05) is 30.0 Å². The van der Waals surface area contributed by atoms with Crippen LogP contribution < -0.4 is 0 Å². The van der Waals surface area contributed by atoms with Gasteiger partial charge in [0.25, 0.3) is 0 Å². The predicted octanol–water partition coefficient (Wildman–Crippen LogP) is 1.71. The van der Waals surface area contributed by atoms with Crippen LogP contribution in [0.15, 0.2) is 33.7 Å². The van der Waals surface area contributed by atoms with Crippen LogP contribution in [0.1, 0.15) is 29.0 Å². The van der Waals surface area contributed by atoms with Crippen molar-refractivity contribution in [2.45, 2.75) is 44.7 Å². The number of aromatic nitrogens is 1. The standard InChI is InChI=1S/C21H28N4O4S/c1-15-6-4-7-18(12-15)13-24-11-10-23-8-5-9-25(14-19(23)21(24)26)30(27,28)20-16(2)22-29-17(20)3/h4,6-7,12,19H,5,8-11,13-14H2,1-3H3. The number of rotatable bonds is 4. The summed E-state index contributed by atoms with van der Waals surface area (Å²) in [5.74, 6) is 0.272. The summed E-state index contributed by atoms with van der Waals surface area (Å²) < 4.78 is 33.1. The lowest BCUT2D eigenvalue weighted by molar-refractivity contribution is -0.142. The molecule has 1 amide bonds. The molecule has 0 spiro atoms. The molecule has 3 heterocycles. The highest BCUT2D eigenvalue weighted by Crippen LogP contribution is 2.27. The summed E-state index contributed by atoms with van der Waals surface area (Å²) in [6, 6.07) is 7.66. The lowest BCUT2D eigenvalue weighted by Crippen LogP contribution is -2.59. The fourth-order valence-corrected chi connectivity index (χ4v) is 6.23. The Hall–Kier alpha value is -2.23. The van der Waals surface area contributed by atoms with Crippen molar-refractivity contribution < 1.29 is 17.7 Å². The molecule has 1 aromatic carbocycles. The lowest BCUT2D eigenvalue weighted by atomic mass is 10.1. The van der Waals surface area contributed by atoms with Crippen LogP contribution >= 0.6 is 0 Å². The molecule has 162 valence electrons. The smallest absolute Gasteiger partial charge is 0.248 e. The highest BCUT2D eigenvalue weighted by molar-refractivity contribution is 7.89. The lowest BCUT2D eigenvalue weighted by Gasteiger charge is -2.40. The minimum absolute atomic E-state index is 0.0105. The number of aryl methyl sites for hydroxylation is 3. The maximum Gasteiger partial charge on any atom is 0.248 e. The van der Waals surface area contributed by atoms with Crippen molar-refractivity contribution in [2.75, 3.05) is 32.7 Å². The van der Waals surface area contributed by atoms with Crippen molar-refractivity contribution in [3.63, 3.8) is 0 Å². The summed E-state index contributed by atoms with van der Waals surface area (Å²) >= 11 is 0. The highest BCUT2D eigenvalue weighted by Gasteiger charge is 2.41. The number of fused-ring (bicyclic) bond motifs is 1. The summed E-state index contributed by atoms with van der Waals surface area (Å²) in [4.78, 5) is 17.4. The Labute approximate surface area is 177 Å². The second-order valence-electron chi connectivity index (χ2n) is 8.17. The molecule has 0 bridgehead atoms. The van der Waals surface area contributed by atoms with E-state index in [-0.39, 0.29) is 23.1 Å². The van der Waals surface area contributed by atoms with E-state index in [2.05, 4.69) is 16.1 Å². The molecule has 1 aromatic heterocycles. The van der Waals surface area contributed by atoms with Crippen LogP contribution in [-0.4, -0.2) is 72.4 Å². The third-order valence-corrected chi connectivity index (χ3v) is 8.06. The molecule has 9 heteroatoms. The Bertz CT molecular complexity index is 1030. The van der Waals surface area contributed by atoms with Gasteiger partial charge in [-0.1, -0.05) is 35.0 Å². The predicted molar refractivity (Wildman–Crippen MR) is 111 cm³/mol. The molecular formula is C21H28N4O4S. The summed E-state index contributed by atoms with van der Waals surface area (Å²) in [6.45, 7) is 8.45. The molecule has 2 aliphatic rings. The molecule has 1 atom stereocenters. The van der Waals surface area contributed by atoms with Gasteiger partial charge in [-0.2, -0.15) is 4.31 Å². The summed E-state index contributed by atoms with van der Waals surface area (Å²) in [6.07, 6.45) is 0.685. The van der Waals surface area contributed by atoms with E-state index in [0.717, 1.165) is 17.7 Å². The van der Waals surface area contributed by atoms with Gasteiger partial charge < -0.3 is 9.42 Å². The zero-order valence-electron chi connectivity index (χ0n) is 17.7. The molecule has 1 unspecified atom stereocenters. The summed E-state index contributed by atoms with van der Waals surface area (Å²) in [7, 11) is -3.78. The Balaban J connectivity index is 1.56. The largest absolute Gasteiger partial charge is 0.360 e. The number of carbonyl (C=O) groups excluding carboxylic acids is 1. The van der Waals surface area contributed by atoms with Crippen LogP contribution in [0, 0.1) is 20.8 Å². The Morgan fingerprint density at radius 2 is 1.93 bits per heavy atom. The second-order valence-corrected chi connectivity index (χ2v) is 10.0. The van der Waals surface area contributed by atoms with Crippen LogP contribution in [0.4, 0.5) is 0 Å². The quantitative estimate of drug-likeness (QED) is 0.731. The van der Waals surface area contributed by atoms with Gasteiger partial charge in [-0.3, -0.25) is 9.69 Å². The van der Waals surface area contributed by atoms with Crippen LogP contribution in [0.2, 0.25) is 0 Å². The first-order valence-electron chi connectivity index (χ1n) is 10.3. The van der Waals surface area contributed by atoms with Crippen LogP contribution in [0.5, 0.6) is 0 Å². The van der Waals surface area contributed by atoms with Gasteiger partial charge in [0.1, 0.15) is 16.6 Å². The number of hydrogen-bond acceptors (Lipinski definition) is 6. The zero-order valence-corrected chi connectivity index (χ0v) is 18.5. The Morgan fingerprint density at radius 3 is 2.63 bits per heavy atom. The van der Waals surface area contributed by atoms with Crippen molar-refractivity contribution in [3.8, 4) is 0 Å². The maximum atomic E-state index is 13.3.